The monoisotopic (exact) mass is 334 g/mol. The van der Waals surface area contributed by atoms with Gasteiger partial charge in [-0.05, 0) is 29.8 Å². The zero-order chi connectivity index (χ0) is 14.2. The topological polar surface area (TPSA) is 37.3 Å². The predicted octanol–water partition coefficient (Wildman–Crippen LogP) is 5.67. The van der Waals surface area contributed by atoms with Crippen LogP contribution in [0, 0.1) is 0 Å². The molecule has 0 fully saturated rings. The SMILES string of the molecule is O=C(O)c1cc(Cl)ccc1-c1cc(Cl)cc(Cl)c1Cl. The van der Waals surface area contributed by atoms with Gasteiger partial charge in [0.1, 0.15) is 0 Å². The van der Waals surface area contributed by atoms with Crippen LogP contribution >= 0.6 is 46.4 Å². The fourth-order valence-corrected chi connectivity index (χ4v) is 2.56. The number of benzene rings is 2. The number of hydrogen-bond acceptors (Lipinski definition) is 1. The Balaban J connectivity index is 2.75. The average molecular weight is 336 g/mol. The molecule has 2 aromatic rings. The quantitative estimate of drug-likeness (QED) is 0.718. The first-order valence-electron chi connectivity index (χ1n) is 5.08. The van der Waals surface area contributed by atoms with Crippen LogP contribution in [0.5, 0.6) is 0 Å². The maximum absolute atomic E-state index is 11.3. The van der Waals surface area contributed by atoms with E-state index in [1.54, 1.807) is 18.2 Å². The Hall–Kier alpha value is -0.930. The third kappa shape index (κ3) is 2.98. The van der Waals surface area contributed by atoms with Crippen LogP contribution in [0.15, 0.2) is 30.3 Å². The van der Waals surface area contributed by atoms with Gasteiger partial charge in [0.2, 0.25) is 0 Å². The third-order valence-electron chi connectivity index (χ3n) is 2.50. The molecule has 0 heterocycles. The second kappa shape index (κ2) is 5.59. The minimum absolute atomic E-state index is 0.0349. The Morgan fingerprint density at radius 3 is 2.21 bits per heavy atom. The largest absolute Gasteiger partial charge is 0.478 e. The van der Waals surface area contributed by atoms with Crippen LogP contribution in [-0.4, -0.2) is 11.1 Å². The van der Waals surface area contributed by atoms with E-state index in [1.165, 1.54) is 12.1 Å². The van der Waals surface area contributed by atoms with Crippen molar-refractivity contribution < 1.29 is 9.90 Å². The minimum atomic E-state index is -1.11. The van der Waals surface area contributed by atoms with Crippen LogP contribution in [0.1, 0.15) is 10.4 Å². The van der Waals surface area contributed by atoms with Gasteiger partial charge >= 0.3 is 5.97 Å². The summed E-state index contributed by atoms with van der Waals surface area (Å²) < 4.78 is 0. The lowest BCUT2D eigenvalue weighted by atomic mass is 9.99. The Morgan fingerprint density at radius 1 is 0.895 bits per heavy atom. The molecule has 2 aromatic carbocycles. The zero-order valence-corrected chi connectivity index (χ0v) is 12.3. The number of hydrogen-bond donors (Lipinski definition) is 1. The second-order valence-electron chi connectivity index (χ2n) is 3.74. The minimum Gasteiger partial charge on any atom is -0.478 e. The molecule has 98 valence electrons. The molecule has 0 saturated carbocycles. The molecule has 0 aliphatic carbocycles. The first-order valence-corrected chi connectivity index (χ1v) is 6.59. The molecule has 0 spiro atoms. The first-order chi connectivity index (χ1) is 8.90. The van der Waals surface area contributed by atoms with Gasteiger partial charge < -0.3 is 5.11 Å². The van der Waals surface area contributed by atoms with E-state index < -0.39 is 5.97 Å². The van der Waals surface area contributed by atoms with Gasteiger partial charge in [-0.25, -0.2) is 4.79 Å². The summed E-state index contributed by atoms with van der Waals surface area (Å²) >= 11 is 23.8. The predicted molar refractivity (Wildman–Crippen MR) is 78.9 cm³/mol. The van der Waals surface area contributed by atoms with Gasteiger partial charge in [-0.15, -0.1) is 0 Å². The summed E-state index contributed by atoms with van der Waals surface area (Å²) in [7, 11) is 0. The highest BCUT2D eigenvalue weighted by molar-refractivity contribution is 6.45. The number of carbonyl (C=O) groups is 1. The maximum atomic E-state index is 11.3. The highest BCUT2D eigenvalue weighted by atomic mass is 35.5. The molecule has 1 N–H and O–H groups in total. The van der Waals surface area contributed by atoms with Crippen molar-refractivity contribution in [1.82, 2.24) is 0 Å². The Kier molecular flexibility index (Phi) is 4.26. The van der Waals surface area contributed by atoms with Gasteiger partial charge in [0.15, 0.2) is 0 Å². The normalized spacial score (nSPS) is 10.5. The fourth-order valence-electron chi connectivity index (χ4n) is 1.68. The number of rotatable bonds is 2. The van der Waals surface area contributed by atoms with Gasteiger partial charge in [-0.3, -0.25) is 0 Å². The molecular weight excluding hydrogens is 330 g/mol. The molecular formula is C13H6Cl4O2. The number of carboxylic acids is 1. The van der Waals surface area contributed by atoms with Gasteiger partial charge in [0, 0.05) is 15.6 Å². The van der Waals surface area contributed by atoms with Crippen molar-refractivity contribution in [2.45, 2.75) is 0 Å². The summed E-state index contributed by atoms with van der Waals surface area (Å²) in [5, 5.41) is 10.4. The second-order valence-corrected chi connectivity index (χ2v) is 5.40. The Morgan fingerprint density at radius 2 is 1.58 bits per heavy atom. The lowest BCUT2D eigenvalue weighted by Gasteiger charge is -2.10. The lowest BCUT2D eigenvalue weighted by molar-refractivity contribution is 0.0697. The average Bonchev–Trinajstić information content (AvgIpc) is 2.34. The highest BCUT2D eigenvalue weighted by Gasteiger charge is 2.16. The first kappa shape index (κ1) is 14.5. The van der Waals surface area contributed by atoms with Crippen LogP contribution < -0.4 is 0 Å². The molecule has 6 heteroatoms. The molecule has 2 nitrogen and oxygen atoms in total. The van der Waals surface area contributed by atoms with Gasteiger partial charge in [-0.1, -0.05) is 52.5 Å². The number of carboxylic acid groups (broad SMARTS) is 1. The van der Waals surface area contributed by atoms with Crippen molar-refractivity contribution in [3.05, 3.63) is 56.0 Å². The zero-order valence-electron chi connectivity index (χ0n) is 9.25. The van der Waals surface area contributed by atoms with Crippen molar-refractivity contribution >= 4 is 52.4 Å². The smallest absolute Gasteiger partial charge is 0.336 e. The van der Waals surface area contributed by atoms with Crippen molar-refractivity contribution in [3.63, 3.8) is 0 Å². The van der Waals surface area contributed by atoms with Crippen LogP contribution in [0.2, 0.25) is 20.1 Å². The molecule has 0 aliphatic heterocycles. The Labute approximate surface area is 129 Å². The molecule has 0 bridgehead atoms. The molecule has 19 heavy (non-hydrogen) atoms. The van der Waals surface area contributed by atoms with Gasteiger partial charge in [0.25, 0.3) is 0 Å². The van der Waals surface area contributed by atoms with E-state index in [2.05, 4.69) is 0 Å². The van der Waals surface area contributed by atoms with Gasteiger partial charge in [-0.2, -0.15) is 0 Å². The van der Waals surface area contributed by atoms with E-state index in [1.807, 2.05) is 0 Å². The van der Waals surface area contributed by atoms with E-state index in [4.69, 9.17) is 46.4 Å². The van der Waals surface area contributed by atoms with Crippen molar-refractivity contribution in [1.29, 1.82) is 0 Å². The standard InChI is InChI=1S/C13H6Cl4O2/c14-6-1-2-8(10(3-6)13(18)19)9-4-7(15)5-11(16)12(9)17/h1-5H,(H,18,19). The molecule has 0 radical (unpaired) electrons. The summed E-state index contributed by atoms with van der Waals surface area (Å²) in [6.07, 6.45) is 0. The maximum Gasteiger partial charge on any atom is 0.336 e. The highest BCUT2D eigenvalue weighted by Crippen LogP contribution is 2.38. The van der Waals surface area contributed by atoms with Crippen LogP contribution in [-0.2, 0) is 0 Å². The van der Waals surface area contributed by atoms with Gasteiger partial charge in [0.05, 0.1) is 15.6 Å². The van der Waals surface area contributed by atoms with Crippen molar-refractivity contribution in [2.24, 2.45) is 0 Å². The summed E-state index contributed by atoms with van der Waals surface area (Å²) in [6, 6.07) is 7.55. The van der Waals surface area contributed by atoms with Crippen molar-refractivity contribution in [3.8, 4) is 11.1 Å². The molecule has 0 amide bonds. The van der Waals surface area contributed by atoms with E-state index in [9.17, 15) is 9.90 Å². The Bertz CT molecular complexity index is 668. The van der Waals surface area contributed by atoms with Crippen LogP contribution in [0.4, 0.5) is 0 Å². The van der Waals surface area contributed by atoms with Crippen molar-refractivity contribution in [2.75, 3.05) is 0 Å². The van der Waals surface area contributed by atoms with Crippen LogP contribution in [0.25, 0.3) is 11.1 Å². The lowest BCUT2D eigenvalue weighted by Crippen LogP contribution is -2.00. The third-order valence-corrected chi connectivity index (χ3v) is 3.75. The van der Waals surface area contributed by atoms with Crippen LogP contribution in [0.3, 0.4) is 0 Å². The summed E-state index contributed by atoms with van der Waals surface area (Å²) in [5.41, 5.74) is 0.896. The summed E-state index contributed by atoms with van der Waals surface area (Å²) in [4.78, 5) is 11.3. The van der Waals surface area contributed by atoms with E-state index in [0.29, 0.717) is 21.2 Å². The molecule has 0 atom stereocenters. The molecule has 0 aromatic heterocycles. The van der Waals surface area contributed by atoms with E-state index in [0.717, 1.165) is 0 Å². The number of aromatic carboxylic acids is 1. The molecule has 2 rings (SSSR count). The molecule has 0 aliphatic rings. The number of halogens is 4. The molecule has 0 unspecified atom stereocenters. The van der Waals surface area contributed by atoms with E-state index >= 15 is 0 Å². The fraction of sp³-hybridized carbons (Fsp3) is 0. The van der Waals surface area contributed by atoms with E-state index in [-0.39, 0.29) is 15.6 Å². The summed E-state index contributed by atoms with van der Waals surface area (Å²) in [5.74, 6) is -1.11. The molecule has 0 saturated heterocycles. The summed E-state index contributed by atoms with van der Waals surface area (Å²) in [6.45, 7) is 0.